The van der Waals surface area contributed by atoms with Crippen molar-refractivity contribution in [1.29, 1.82) is 5.26 Å². The van der Waals surface area contributed by atoms with Gasteiger partial charge in [0, 0.05) is 4.47 Å². The second-order valence-electron chi connectivity index (χ2n) is 6.90. The summed E-state index contributed by atoms with van der Waals surface area (Å²) in [5.74, 6) is -0.176. The Morgan fingerprint density at radius 1 is 1.15 bits per heavy atom. The molecule has 1 N–H and O–H groups in total. The molecule has 3 rings (SSSR count). The Balaban J connectivity index is 1.87. The van der Waals surface area contributed by atoms with E-state index in [0.29, 0.717) is 33.7 Å². The molecule has 0 spiro atoms. The normalized spacial score (nSPS) is 11.0. The highest BCUT2D eigenvalue weighted by Gasteiger charge is 2.16. The maximum Gasteiger partial charge on any atom is 0.266 e. The first kappa shape index (κ1) is 25.6. The first-order chi connectivity index (χ1) is 16.3. The van der Waals surface area contributed by atoms with Gasteiger partial charge in [0.05, 0.1) is 22.3 Å². The highest BCUT2D eigenvalue weighted by molar-refractivity contribution is 9.10. The summed E-state index contributed by atoms with van der Waals surface area (Å²) in [6, 6.07) is 16.1. The van der Waals surface area contributed by atoms with E-state index in [1.807, 2.05) is 13.0 Å². The molecule has 0 aliphatic heterocycles. The minimum absolute atomic E-state index is 0.131. The van der Waals surface area contributed by atoms with Crippen LogP contribution in [-0.2, 0) is 11.4 Å². The van der Waals surface area contributed by atoms with Crippen molar-refractivity contribution >= 4 is 56.8 Å². The molecule has 174 valence electrons. The number of amides is 1. The molecule has 0 unspecified atom stereocenters. The van der Waals surface area contributed by atoms with Crippen molar-refractivity contribution in [3.8, 4) is 17.6 Å². The molecule has 0 saturated heterocycles. The van der Waals surface area contributed by atoms with Gasteiger partial charge >= 0.3 is 0 Å². The van der Waals surface area contributed by atoms with Gasteiger partial charge in [-0.25, -0.2) is 4.39 Å². The molecule has 0 aliphatic rings. The number of hydrogen-bond donors (Lipinski definition) is 1. The van der Waals surface area contributed by atoms with Crippen LogP contribution in [0.15, 0.2) is 64.6 Å². The second-order valence-corrected chi connectivity index (χ2v) is 8.54. The van der Waals surface area contributed by atoms with E-state index in [2.05, 4.69) is 21.2 Å². The Kier molecular flexibility index (Phi) is 8.94. The topological polar surface area (TPSA) is 71.3 Å². The summed E-state index contributed by atoms with van der Waals surface area (Å²) in [6.07, 6.45) is 1.41. The number of ether oxygens (including phenoxy) is 2. The van der Waals surface area contributed by atoms with Crippen molar-refractivity contribution in [3.05, 3.63) is 91.6 Å². The SMILES string of the molecule is CCOc1cc(/C=C(/C#N)C(=O)Nc2cccc(Cl)c2Cl)c(Br)cc1OCc1cccc(F)c1. The molecule has 3 aromatic carbocycles. The van der Waals surface area contributed by atoms with Crippen LogP contribution in [0.2, 0.25) is 10.0 Å². The van der Waals surface area contributed by atoms with Crippen LogP contribution in [0.25, 0.3) is 6.08 Å². The fourth-order valence-electron chi connectivity index (χ4n) is 2.92. The third-order valence-electron chi connectivity index (χ3n) is 4.51. The van der Waals surface area contributed by atoms with E-state index >= 15 is 0 Å². The quantitative estimate of drug-likeness (QED) is 0.229. The Morgan fingerprint density at radius 2 is 1.88 bits per heavy atom. The molecule has 5 nitrogen and oxygen atoms in total. The third kappa shape index (κ3) is 6.51. The lowest BCUT2D eigenvalue weighted by Crippen LogP contribution is -2.13. The van der Waals surface area contributed by atoms with Gasteiger partial charge in [0.1, 0.15) is 24.1 Å². The van der Waals surface area contributed by atoms with Crippen LogP contribution in [0.1, 0.15) is 18.1 Å². The fraction of sp³-hybridized carbons (Fsp3) is 0.120. The molecule has 0 saturated carbocycles. The van der Waals surface area contributed by atoms with Gasteiger partial charge in [-0.2, -0.15) is 5.26 Å². The fourth-order valence-corrected chi connectivity index (χ4v) is 3.71. The summed E-state index contributed by atoms with van der Waals surface area (Å²) in [5.41, 5.74) is 1.30. The number of nitriles is 1. The Labute approximate surface area is 214 Å². The van der Waals surface area contributed by atoms with Crippen molar-refractivity contribution < 1.29 is 18.7 Å². The van der Waals surface area contributed by atoms with E-state index in [1.54, 1.807) is 42.5 Å². The number of rotatable bonds is 8. The molecular weight excluding hydrogens is 546 g/mol. The summed E-state index contributed by atoms with van der Waals surface area (Å²) in [4.78, 5) is 12.7. The van der Waals surface area contributed by atoms with Gasteiger partial charge in [0.2, 0.25) is 0 Å². The number of nitrogens with one attached hydrogen (secondary N) is 1. The van der Waals surface area contributed by atoms with Crippen molar-refractivity contribution in [2.45, 2.75) is 13.5 Å². The third-order valence-corrected chi connectivity index (χ3v) is 6.02. The van der Waals surface area contributed by atoms with Gasteiger partial charge in [-0.15, -0.1) is 0 Å². The summed E-state index contributed by atoms with van der Waals surface area (Å²) >= 11 is 15.5. The lowest BCUT2D eigenvalue weighted by atomic mass is 10.1. The first-order valence-electron chi connectivity index (χ1n) is 10.0. The van der Waals surface area contributed by atoms with Gasteiger partial charge in [-0.3, -0.25) is 4.79 Å². The lowest BCUT2D eigenvalue weighted by Gasteiger charge is -2.14. The standard InChI is InChI=1S/C25H18BrCl2FN2O3/c1-2-33-22-11-16(19(26)12-23(22)34-14-15-5-3-6-18(29)9-15)10-17(13-30)25(32)31-21-8-4-7-20(27)24(21)28/h3-12H,2,14H2,1H3,(H,31,32)/b17-10-. The number of anilines is 1. The van der Waals surface area contributed by atoms with Gasteiger partial charge in [0.25, 0.3) is 5.91 Å². The molecule has 34 heavy (non-hydrogen) atoms. The molecule has 1 amide bonds. The van der Waals surface area contributed by atoms with Crippen molar-refractivity contribution in [2.24, 2.45) is 0 Å². The molecule has 0 bridgehead atoms. The van der Waals surface area contributed by atoms with Crippen molar-refractivity contribution in [1.82, 2.24) is 0 Å². The number of hydrogen-bond acceptors (Lipinski definition) is 4. The summed E-state index contributed by atoms with van der Waals surface area (Å²) in [7, 11) is 0. The van der Waals surface area contributed by atoms with Crippen LogP contribution < -0.4 is 14.8 Å². The molecule has 0 aliphatic carbocycles. The number of nitrogens with zero attached hydrogens (tertiary/aromatic N) is 1. The smallest absolute Gasteiger partial charge is 0.266 e. The van der Waals surface area contributed by atoms with Crippen LogP contribution in [-0.4, -0.2) is 12.5 Å². The van der Waals surface area contributed by atoms with E-state index in [0.717, 1.165) is 0 Å². The van der Waals surface area contributed by atoms with Gasteiger partial charge in [0.15, 0.2) is 11.5 Å². The predicted octanol–water partition coefficient (Wildman–Crippen LogP) is 7.42. The zero-order valence-corrected chi connectivity index (χ0v) is 21.0. The average molecular weight is 564 g/mol. The maximum absolute atomic E-state index is 13.4. The molecular formula is C25H18BrCl2FN2O3. The summed E-state index contributed by atoms with van der Waals surface area (Å²) in [5, 5.41) is 12.6. The van der Waals surface area contributed by atoms with Crippen molar-refractivity contribution in [2.75, 3.05) is 11.9 Å². The molecule has 0 fully saturated rings. The average Bonchev–Trinajstić information content (AvgIpc) is 2.81. The van der Waals surface area contributed by atoms with E-state index in [9.17, 15) is 14.4 Å². The highest BCUT2D eigenvalue weighted by atomic mass is 79.9. The van der Waals surface area contributed by atoms with Gasteiger partial charge in [-0.05, 0) is 60.5 Å². The minimum Gasteiger partial charge on any atom is -0.490 e. The summed E-state index contributed by atoms with van der Waals surface area (Å²) in [6.45, 7) is 2.31. The minimum atomic E-state index is -0.650. The van der Waals surface area contributed by atoms with Crippen LogP contribution in [0.4, 0.5) is 10.1 Å². The van der Waals surface area contributed by atoms with Crippen LogP contribution in [0.3, 0.4) is 0 Å². The lowest BCUT2D eigenvalue weighted by molar-refractivity contribution is -0.112. The van der Waals surface area contributed by atoms with Gasteiger partial charge in [-0.1, -0.05) is 57.3 Å². The molecule has 0 heterocycles. The van der Waals surface area contributed by atoms with Crippen molar-refractivity contribution in [3.63, 3.8) is 0 Å². The van der Waals surface area contributed by atoms with Crippen LogP contribution >= 0.6 is 39.1 Å². The molecule has 3 aromatic rings. The second kappa shape index (κ2) is 11.9. The van der Waals surface area contributed by atoms with Crippen LogP contribution in [0, 0.1) is 17.1 Å². The Bertz CT molecular complexity index is 1290. The molecule has 0 atom stereocenters. The zero-order valence-electron chi connectivity index (χ0n) is 17.9. The largest absolute Gasteiger partial charge is 0.490 e. The predicted molar refractivity (Wildman–Crippen MR) is 135 cm³/mol. The monoisotopic (exact) mass is 562 g/mol. The van der Waals surface area contributed by atoms with Crippen LogP contribution in [0.5, 0.6) is 11.5 Å². The van der Waals surface area contributed by atoms with Gasteiger partial charge < -0.3 is 14.8 Å². The zero-order chi connectivity index (χ0) is 24.7. The Hall–Kier alpha value is -3.05. The van der Waals surface area contributed by atoms with E-state index in [1.165, 1.54) is 18.2 Å². The number of carbonyl (C=O) groups is 1. The highest BCUT2D eigenvalue weighted by Crippen LogP contribution is 2.36. The van der Waals surface area contributed by atoms with E-state index < -0.39 is 5.91 Å². The number of benzene rings is 3. The molecule has 0 aromatic heterocycles. The number of carbonyl (C=O) groups excluding carboxylic acids is 1. The first-order valence-corrected chi connectivity index (χ1v) is 11.6. The molecule has 0 radical (unpaired) electrons. The maximum atomic E-state index is 13.4. The van der Waals surface area contributed by atoms with E-state index in [-0.39, 0.29) is 33.7 Å². The van der Waals surface area contributed by atoms with E-state index in [4.69, 9.17) is 32.7 Å². The molecule has 9 heteroatoms. The number of halogens is 4. The summed E-state index contributed by atoms with van der Waals surface area (Å²) < 4.78 is 25.5. The Morgan fingerprint density at radius 3 is 2.59 bits per heavy atom.